The smallest absolute Gasteiger partial charge is 0.249 e. The fourth-order valence-corrected chi connectivity index (χ4v) is 2.15. The molecule has 2 aromatic rings. The quantitative estimate of drug-likeness (QED) is 0.911. The standard InChI is InChI=1S/C16H18N2O/c1-18(2)11-12-6-5-7-13(10-12)14-8-3-4-9-15(14)16(17)19/h3-10H,11H2,1-2H3,(H2,17,19). The van der Waals surface area contributed by atoms with Gasteiger partial charge in [0.15, 0.2) is 0 Å². The van der Waals surface area contributed by atoms with E-state index in [9.17, 15) is 4.79 Å². The van der Waals surface area contributed by atoms with E-state index < -0.39 is 5.91 Å². The number of nitrogens with two attached hydrogens (primary N) is 1. The van der Waals surface area contributed by atoms with Crippen LogP contribution >= 0.6 is 0 Å². The van der Waals surface area contributed by atoms with Crippen LogP contribution in [0.2, 0.25) is 0 Å². The molecule has 0 spiro atoms. The highest BCUT2D eigenvalue weighted by molar-refractivity contribution is 5.99. The monoisotopic (exact) mass is 254 g/mol. The molecule has 2 N–H and O–H groups in total. The van der Waals surface area contributed by atoms with Crippen LogP contribution in [-0.2, 0) is 6.54 Å². The average molecular weight is 254 g/mol. The second kappa shape index (κ2) is 5.67. The van der Waals surface area contributed by atoms with E-state index in [4.69, 9.17) is 5.73 Å². The van der Waals surface area contributed by atoms with Gasteiger partial charge >= 0.3 is 0 Å². The molecular formula is C16H18N2O. The Kier molecular flexibility index (Phi) is 3.97. The Labute approximate surface area is 113 Å². The van der Waals surface area contributed by atoms with Crippen molar-refractivity contribution in [3.05, 3.63) is 59.7 Å². The summed E-state index contributed by atoms with van der Waals surface area (Å²) in [6.07, 6.45) is 0. The number of hydrogen-bond acceptors (Lipinski definition) is 2. The summed E-state index contributed by atoms with van der Waals surface area (Å²) in [4.78, 5) is 13.6. The van der Waals surface area contributed by atoms with Crippen molar-refractivity contribution in [2.45, 2.75) is 6.54 Å². The molecule has 1 amide bonds. The molecule has 3 nitrogen and oxygen atoms in total. The molecular weight excluding hydrogens is 236 g/mol. The minimum Gasteiger partial charge on any atom is -0.366 e. The van der Waals surface area contributed by atoms with Gasteiger partial charge in [0.25, 0.3) is 0 Å². The summed E-state index contributed by atoms with van der Waals surface area (Å²) in [7, 11) is 4.06. The van der Waals surface area contributed by atoms with Gasteiger partial charge in [0.05, 0.1) is 0 Å². The topological polar surface area (TPSA) is 46.3 Å². The van der Waals surface area contributed by atoms with Crippen LogP contribution in [-0.4, -0.2) is 24.9 Å². The SMILES string of the molecule is CN(C)Cc1cccc(-c2ccccc2C(N)=O)c1. The van der Waals surface area contributed by atoms with Gasteiger partial charge in [-0.15, -0.1) is 0 Å². The van der Waals surface area contributed by atoms with E-state index >= 15 is 0 Å². The highest BCUT2D eigenvalue weighted by Gasteiger charge is 2.09. The summed E-state index contributed by atoms with van der Waals surface area (Å²) >= 11 is 0. The highest BCUT2D eigenvalue weighted by Crippen LogP contribution is 2.24. The van der Waals surface area contributed by atoms with Crippen molar-refractivity contribution in [3.63, 3.8) is 0 Å². The molecule has 2 rings (SSSR count). The predicted octanol–water partition coefficient (Wildman–Crippen LogP) is 2.51. The Bertz CT molecular complexity index is 591. The van der Waals surface area contributed by atoms with Gasteiger partial charge in [-0.05, 0) is 42.9 Å². The lowest BCUT2D eigenvalue weighted by Crippen LogP contribution is -2.12. The van der Waals surface area contributed by atoms with Crippen LogP contribution in [0.4, 0.5) is 0 Å². The van der Waals surface area contributed by atoms with Crippen LogP contribution in [0.3, 0.4) is 0 Å². The van der Waals surface area contributed by atoms with Gasteiger partial charge in [0.1, 0.15) is 0 Å². The number of carbonyl (C=O) groups excluding carboxylic acids is 1. The van der Waals surface area contributed by atoms with Gasteiger partial charge in [0, 0.05) is 12.1 Å². The molecule has 0 aliphatic rings. The van der Waals surface area contributed by atoms with Gasteiger partial charge < -0.3 is 10.6 Å². The van der Waals surface area contributed by atoms with Crippen molar-refractivity contribution in [2.75, 3.05) is 14.1 Å². The van der Waals surface area contributed by atoms with E-state index in [1.165, 1.54) is 5.56 Å². The maximum absolute atomic E-state index is 11.5. The van der Waals surface area contributed by atoms with Crippen molar-refractivity contribution >= 4 is 5.91 Å². The lowest BCUT2D eigenvalue weighted by molar-refractivity contribution is 0.100. The Morgan fingerprint density at radius 2 is 1.84 bits per heavy atom. The first-order valence-electron chi connectivity index (χ1n) is 6.21. The number of benzene rings is 2. The van der Waals surface area contributed by atoms with Crippen LogP contribution in [0.1, 0.15) is 15.9 Å². The van der Waals surface area contributed by atoms with Crippen LogP contribution in [0.15, 0.2) is 48.5 Å². The first-order valence-corrected chi connectivity index (χ1v) is 6.21. The second-order valence-corrected chi connectivity index (χ2v) is 4.85. The highest BCUT2D eigenvalue weighted by atomic mass is 16.1. The summed E-state index contributed by atoms with van der Waals surface area (Å²) in [5.74, 6) is -0.395. The molecule has 0 atom stereocenters. The van der Waals surface area contributed by atoms with E-state index in [1.807, 2.05) is 44.4 Å². The molecule has 0 aliphatic carbocycles. The van der Waals surface area contributed by atoms with E-state index in [0.29, 0.717) is 5.56 Å². The third-order valence-electron chi connectivity index (χ3n) is 2.93. The zero-order chi connectivity index (χ0) is 13.8. The van der Waals surface area contributed by atoms with Crippen LogP contribution < -0.4 is 5.73 Å². The first-order chi connectivity index (χ1) is 9.08. The summed E-state index contributed by atoms with van der Waals surface area (Å²) in [6.45, 7) is 0.868. The normalized spacial score (nSPS) is 10.7. The number of rotatable bonds is 4. The maximum Gasteiger partial charge on any atom is 0.249 e. The number of nitrogens with zero attached hydrogens (tertiary/aromatic N) is 1. The molecule has 0 bridgehead atoms. The summed E-state index contributed by atoms with van der Waals surface area (Å²) < 4.78 is 0. The Morgan fingerprint density at radius 3 is 2.53 bits per heavy atom. The van der Waals surface area contributed by atoms with Gasteiger partial charge in [0.2, 0.25) is 5.91 Å². The van der Waals surface area contributed by atoms with Crippen molar-refractivity contribution in [1.82, 2.24) is 4.90 Å². The number of primary amides is 1. The molecule has 0 fully saturated rings. The van der Waals surface area contributed by atoms with Crippen molar-refractivity contribution in [1.29, 1.82) is 0 Å². The number of amides is 1. The van der Waals surface area contributed by atoms with Crippen molar-refractivity contribution < 1.29 is 4.79 Å². The van der Waals surface area contributed by atoms with E-state index in [-0.39, 0.29) is 0 Å². The molecule has 0 saturated carbocycles. The average Bonchev–Trinajstić information content (AvgIpc) is 2.38. The number of hydrogen-bond donors (Lipinski definition) is 1. The molecule has 0 heterocycles. The summed E-state index contributed by atoms with van der Waals surface area (Å²) in [6, 6.07) is 15.6. The molecule has 98 valence electrons. The predicted molar refractivity (Wildman–Crippen MR) is 77.8 cm³/mol. The van der Waals surface area contributed by atoms with E-state index in [1.54, 1.807) is 6.07 Å². The molecule has 2 aromatic carbocycles. The van der Waals surface area contributed by atoms with Crippen LogP contribution in [0, 0.1) is 0 Å². The Morgan fingerprint density at radius 1 is 1.11 bits per heavy atom. The van der Waals surface area contributed by atoms with Crippen molar-refractivity contribution in [3.8, 4) is 11.1 Å². The maximum atomic E-state index is 11.5. The third kappa shape index (κ3) is 3.20. The summed E-state index contributed by atoms with van der Waals surface area (Å²) in [5, 5.41) is 0. The zero-order valence-corrected chi connectivity index (χ0v) is 11.3. The first kappa shape index (κ1) is 13.3. The molecule has 0 radical (unpaired) electrons. The van der Waals surface area contributed by atoms with Crippen LogP contribution in [0.5, 0.6) is 0 Å². The van der Waals surface area contributed by atoms with Gasteiger partial charge in [-0.25, -0.2) is 0 Å². The van der Waals surface area contributed by atoms with Gasteiger partial charge in [-0.3, -0.25) is 4.79 Å². The van der Waals surface area contributed by atoms with E-state index in [0.717, 1.165) is 17.7 Å². The third-order valence-corrected chi connectivity index (χ3v) is 2.93. The van der Waals surface area contributed by atoms with Gasteiger partial charge in [-0.1, -0.05) is 36.4 Å². The van der Waals surface area contributed by atoms with Crippen molar-refractivity contribution in [2.24, 2.45) is 5.73 Å². The molecule has 0 aliphatic heterocycles. The molecule has 0 saturated heterocycles. The molecule has 3 heteroatoms. The molecule has 19 heavy (non-hydrogen) atoms. The zero-order valence-electron chi connectivity index (χ0n) is 11.3. The lowest BCUT2D eigenvalue weighted by atomic mass is 9.98. The fourth-order valence-electron chi connectivity index (χ4n) is 2.15. The molecule has 0 aromatic heterocycles. The number of carbonyl (C=O) groups is 1. The fraction of sp³-hybridized carbons (Fsp3) is 0.188. The van der Waals surface area contributed by atoms with Gasteiger partial charge in [-0.2, -0.15) is 0 Å². The largest absolute Gasteiger partial charge is 0.366 e. The van der Waals surface area contributed by atoms with Crippen LogP contribution in [0.25, 0.3) is 11.1 Å². The minimum absolute atomic E-state index is 0.395. The second-order valence-electron chi connectivity index (χ2n) is 4.85. The summed E-state index contributed by atoms with van der Waals surface area (Å²) in [5.41, 5.74) is 9.10. The minimum atomic E-state index is -0.395. The molecule has 0 unspecified atom stereocenters. The Hall–Kier alpha value is -2.13. The Balaban J connectivity index is 2.44. The van der Waals surface area contributed by atoms with E-state index in [2.05, 4.69) is 17.0 Å². The lowest BCUT2D eigenvalue weighted by Gasteiger charge is -2.12.